The van der Waals surface area contributed by atoms with E-state index in [0.717, 1.165) is 12.8 Å². The van der Waals surface area contributed by atoms with E-state index in [4.69, 9.17) is 9.47 Å². The van der Waals surface area contributed by atoms with Gasteiger partial charge in [0.15, 0.2) is 6.29 Å². The van der Waals surface area contributed by atoms with Crippen molar-refractivity contribution < 1.29 is 24.5 Å². The molecule has 3 N–H and O–H groups in total. The van der Waals surface area contributed by atoms with E-state index in [1.807, 2.05) is 0 Å². The molecule has 2 aliphatic rings. The lowest BCUT2D eigenvalue weighted by Crippen LogP contribution is -2.66. The van der Waals surface area contributed by atoms with Gasteiger partial charge in [0.25, 0.3) is 0 Å². The van der Waals surface area contributed by atoms with Gasteiger partial charge in [-0.3, -0.25) is 4.79 Å². The number of hydrogen-bond acceptors (Lipinski definition) is 5. The van der Waals surface area contributed by atoms with Crippen molar-refractivity contribution in [1.29, 1.82) is 0 Å². The third-order valence-corrected chi connectivity index (χ3v) is 3.95. The molecular weight excluding hydrogens is 250 g/mol. The summed E-state index contributed by atoms with van der Waals surface area (Å²) in [6.45, 7) is 2.60. The highest BCUT2D eigenvalue weighted by Crippen LogP contribution is 2.34. The van der Waals surface area contributed by atoms with Crippen molar-refractivity contribution >= 4 is 5.91 Å². The molecule has 0 aromatic carbocycles. The lowest BCUT2D eigenvalue weighted by atomic mass is 9.74. The number of nitrogens with one attached hydrogen (secondary N) is 1. The highest BCUT2D eigenvalue weighted by atomic mass is 16.7. The Hall–Kier alpha value is -0.690. The van der Waals surface area contributed by atoms with Gasteiger partial charge in [-0.2, -0.15) is 0 Å². The van der Waals surface area contributed by atoms with Crippen LogP contribution in [0.15, 0.2) is 0 Å². The topological polar surface area (TPSA) is 88.0 Å². The van der Waals surface area contributed by atoms with Gasteiger partial charge in [0.2, 0.25) is 5.91 Å². The van der Waals surface area contributed by atoms with E-state index in [1.54, 1.807) is 0 Å². The molecule has 6 nitrogen and oxygen atoms in total. The number of hydrogen-bond donors (Lipinski definition) is 3. The summed E-state index contributed by atoms with van der Waals surface area (Å²) >= 11 is 0. The number of carbonyl (C=O) groups excluding carboxylic acids is 1. The van der Waals surface area contributed by atoms with E-state index in [2.05, 4.69) is 5.32 Å². The normalized spacial score (nSPS) is 37.0. The fourth-order valence-electron chi connectivity index (χ4n) is 2.99. The van der Waals surface area contributed by atoms with Gasteiger partial charge in [0.05, 0.1) is 31.0 Å². The van der Waals surface area contributed by atoms with Gasteiger partial charge < -0.3 is 25.0 Å². The van der Waals surface area contributed by atoms with Gasteiger partial charge in [-0.15, -0.1) is 0 Å². The van der Waals surface area contributed by atoms with E-state index in [9.17, 15) is 15.0 Å². The molecule has 1 saturated carbocycles. The van der Waals surface area contributed by atoms with E-state index in [1.165, 1.54) is 6.92 Å². The molecule has 0 radical (unpaired) electrons. The third-order valence-electron chi connectivity index (χ3n) is 3.95. The zero-order valence-electron chi connectivity index (χ0n) is 11.3. The van der Waals surface area contributed by atoms with Crippen LogP contribution in [0.5, 0.6) is 0 Å². The number of aliphatic hydroxyl groups excluding tert-OH is 2. The maximum atomic E-state index is 11.4. The van der Waals surface area contributed by atoms with Crippen LogP contribution in [-0.4, -0.2) is 53.4 Å². The Labute approximate surface area is 113 Å². The van der Waals surface area contributed by atoms with Crippen molar-refractivity contribution in [3.63, 3.8) is 0 Å². The zero-order valence-corrected chi connectivity index (χ0v) is 11.3. The van der Waals surface area contributed by atoms with Gasteiger partial charge in [0.1, 0.15) is 0 Å². The van der Waals surface area contributed by atoms with E-state index < -0.39 is 24.0 Å². The summed E-state index contributed by atoms with van der Waals surface area (Å²) in [5.74, 6) is -0.268. The van der Waals surface area contributed by atoms with Crippen LogP contribution >= 0.6 is 0 Å². The number of rotatable bonds is 3. The Morgan fingerprint density at radius 2 is 1.79 bits per heavy atom. The average molecular weight is 273 g/mol. The van der Waals surface area contributed by atoms with Crippen molar-refractivity contribution in [2.45, 2.75) is 63.1 Å². The molecule has 1 aliphatic carbocycles. The molecule has 1 aliphatic heterocycles. The highest BCUT2D eigenvalue weighted by Gasteiger charge is 2.49. The minimum Gasteiger partial charge on any atom is -0.391 e. The number of aliphatic hydroxyl groups is 2. The van der Waals surface area contributed by atoms with Gasteiger partial charge >= 0.3 is 0 Å². The van der Waals surface area contributed by atoms with Gasteiger partial charge in [0, 0.05) is 13.3 Å². The van der Waals surface area contributed by atoms with Crippen LogP contribution in [0.3, 0.4) is 0 Å². The quantitative estimate of drug-likeness (QED) is 0.669. The van der Waals surface area contributed by atoms with Crippen molar-refractivity contribution in [2.75, 3.05) is 13.2 Å². The van der Waals surface area contributed by atoms with Crippen LogP contribution in [0.25, 0.3) is 0 Å². The van der Waals surface area contributed by atoms with Crippen molar-refractivity contribution in [3.8, 4) is 0 Å². The van der Waals surface area contributed by atoms with Crippen molar-refractivity contribution in [2.24, 2.45) is 0 Å². The molecule has 1 saturated heterocycles. The van der Waals surface area contributed by atoms with Crippen molar-refractivity contribution in [1.82, 2.24) is 5.32 Å². The van der Waals surface area contributed by atoms with Crippen LogP contribution in [-0.2, 0) is 14.3 Å². The average Bonchev–Trinajstić information content (AvgIpc) is 2.36. The highest BCUT2D eigenvalue weighted by molar-refractivity contribution is 5.74. The Morgan fingerprint density at radius 3 is 2.32 bits per heavy atom. The standard InChI is InChI=1S/C13H23NO5/c1-9(15)14-13(8-12-18-6-3-7-19-12)10(16)4-2-5-11(13)17/h10-12,16-17H,2-8H2,1H3,(H,14,15)/t10-,11+,13?. The minimum atomic E-state index is -1.06. The smallest absolute Gasteiger partial charge is 0.217 e. The summed E-state index contributed by atoms with van der Waals surface area (Å²) in [6, 6.07) is 0. The monoisotopic (exact) mass is 273 g/mol. The zero-order chi connectivity index (χ0) is 13.9. The molecular formula is C13H23NO5. The first-order chi connectivity index (χ1) is 9.04. The van der Waals surface area contributed by atoms with Gasteiger partial charge in [-0.25, -0.2) is 0 Å². The third kappa shape index (κ3) is 3.25. The first kappa shape index (κ1) is 14.7. The molecule has 1 heterocycles. The summed E-state index contributed by atoms with van der Waals surface area (Å²) < 4.78 is 11.0. The molecule has 0 spiro atoms. The van der Waals surface area contributed by atoms with Gasteiger partial charge in [-0.05, 0) is 25.7 Å². The minimum absolute atomic E-state index is 0.268. The maximum Gasteiger partial charge on any atom is 0.217 e. The molecule has 0 aromatic heterocycles. The Kier molecular flexibility index (Phi) is 4.78. The fourth-order valence-corrected chi connectivity index (χ4v) is 2.99. The molecule has 2 fully saturated rings. The molecule has 6 heteroatoms. The van der Waals surface area contributed by atoms with Gasteiger partial charge in [-0.1, -0.05) is 0 Å². The van der Waals surface area contributed by atoms with Crippen LogP contribution < -0.4 is 5.32 Å². The summed E-state index contributed by atoms with van der Waals surface area (Å²) in [7, 11) is 0. The summed E-state index contributed by atoms with van der Waals surface area (Å²) in [5.41, 5.74) is -1.06. The van der Waals surface area contributed by atoms with Crippen molar-refractivity contribution in [3.05, 3.63) is 0 Å². The molecule has 3 atom stereocenters. The van der Waals surface area contributed by atoms with Crippen LogP contribution in [0.2, 0.25) is 0 Å². The molecule has 0 bridgehead atoms. The summed E-state index contributed by atoms with van der Waals surface area (Å²) in [5, 5.41) is 23.3. The van der Waals surface area contributed by atoms with E-state index in [0.29, 0.717) is 26.1 Å². The first-order valence-electron chi connectivity index (χ1n) is 6.92. The SMILES string of the molecule is CC(=O)NC1(CC2OCCCO2)[C@H](O)CCC[C@@H]1O. The van der Waals surface area contributed by atoms with Crippen LogP contribution in [0.1, 0.15) is 39.0 Å². The fraction of sp³-hybridized carbons (Fsp3) is 0.923. The summed E-state index contributed by atoms with van der Waals surface area (Å²) in [6.07, 6.45) is 0.930. The lowest BCUT2D eigenvalue weighted by molar-refractivity contribution is -0.206. The molecule has 0 aromatic rings. The summed E-state index contributed by atoms with van der Waals surface area (Å²) in [4.78, 5) is 11.4. The lowest BCUT2D eigenvalue weighted by Gasteiger charge is -2.47. The number of carbonyl (C=O) groups is 1. The predicted molar refractivity (Wildman–Crippen MR) is 67.3 cm³/mol. The van der Waals surface area contributed by atoms with Crippen LogP contribution in [0, 0.1) is 0 Å². The molecule has 1 amide bonds. The second-order valence-electron chi connectivity index (χ2n) is 5.41. The first-order valence-corrected chi connectivity index (χ1v) is 6.92. The molecule has 110 valence electrons. The van der Waals surface area contributed by atoms with E-state index in [-0.39, 0.29) is 12.3 Å². The second-order valence-corrected chi connectivity index (χ2v) is 5.41. The maximum absolute atomic E-state index is 11.4. The predicted octanol–water partition coefficient (Wildman–Crippen LogP) is -0.0799. The molecule has 2 rings (SSSR count). The number of amides is 1. The van der Waals surface area contributed by atoms with E-state index >= 15 is 0 Å². The number of ether oxygens (including phenoxy) is 2. The molecule has 19 heavy (non-hydrogen) atoms. The second kappa shape index (κ2) is 6.17. The van der Waals surface area contributed by atoms with Crippen LogP contribution in [0.4, 0.5) is 0 Å². The molecule has 1 unspecified atom stereocenters. The Balaban J connectivity index is 2.14. The Bertz CT molecular complexity index is 306. The Morgan fingerprint density at radius 1 is 1.21 bits per heavy atom. The largest absolute Gasteiger partial charge is 0.391 e.